The van der Waals surface area contributed by atoms with Gasteiger partial charge in [-0.1, -0.05) is 6.07 Å². The number of aromatic nitrogens is 1. The molecule has 3 aliphatic rings. The summed E-state index contributed by atoms with van der Waals surface area (Å²) in [5, 5.41) is 0. The summed E-state index contributed by atoms with van der Waals surface area (Å²) >= 11 is 0. The molecule has 2 amide bonds. The highest BCUT2D eigenvalue weighted by atomic mass is 16.6. The minimum Gasteiger partial charge on any atom is -0.444 e. The number of morpholine rings is 1. The first-order valence-electron chi connectivity index (χ1n) is 10.1. The summed E-state index contributed by atoms with van der Waals surface area (Å²) in [4.78, 5) is 33.2. The first-order chi connectivity index (χ1) is 13.2. The topological polar surface area (TPSA) is 72.0 Å². The number of hydrogen-bond acceptors (Lipinski definition) is 5. The van der Waals surface area contributed by atoms with Gasteiger partial charge in [-0.2, -0.15) is 0 Å². The van der Waals surface area contributed by atoms with E-state index in [-0.39, 0.29) is 17.6 Å². The van der Waals surface area contributed by atoms with E-state index >= 15 is 0 Å². The number of nitrogens with zero attached hydrogens (tertiary/aromatic N) is 3. The van der Waals surface area contributed by atoms with Crippen molar-refractivity contribution in [3.8, 4) is 0 Å². The lowest BCUT2D eigenvalue weighted by Crippen LogP contribution is -2.62. The quantitative estimate of drug-likeness (QED) is 0.741. The molecule has 1 aromatic rings. The van der Waals surface area contributed by atoms with Crippen LogP contribution in [0.25, 0.3) is 0 Å². The van der Waals surface area contributed by atoms with Gasteiger partial charge in [0.25, 0.3) is 5.91 Å². The van der Waals surface area contributed by atoms with E-state index in [9.17, 15) is 9.59 Å². The first-order valence-corrected chi connectivity index (χ1v) is 10.1. The zero-order valence-electron chi connectivity index (χ0n) is 16.9. The van der Waals surface area contributed by atoms with Crippen LogP contribution in [-0.2, 0) is 9.47 Å². The molecule has 28 heavy (non-hydrogen) atoms. The lowest BCUT2D eigenvalue weighted by molar-refractivity contribution is -0.178. The summed E-state index contributed by atoms with van der Waals surface area (Å²) in [7, 11) is 0. The van der Waals surface area contributed by atoms with Gasteiger partial charge in [-0.25, -0.2) is 4.79 Å². The second-order valence-corrected chi connectivity index (χ2v) is 9.31. The molecular formula is C21H29N3O4. The van der Waals surface area contributed by atoms with Crippen LogP contribution in [0.2, 0.25) is 0 Å². The lowest BCUT2D eigenvalue weighted by Gasteiger charge is -2.50. The van der Waals surface area contributed by atoms with Gasteiger partial charge in [-0.3, -0.25) is 9.78 Å². The second kappa shape index (κ2) is 6.72. The molecule has 7 heteroatoms. The van der Waals surface area contributed by atoms with Gasteiger partial charge < -0.3 is 19.3 Å². The third-order valence-electron chi connectivity index (χ3n) is 5.70. The predicted molar refractivity (Wildman–Crippen MR) is 103 cm³/mol. The van der Waals surface area contributed by atoms with Gasteiger partial charge >= 0.3 is 6.09 Å². The van der Waals surface area contributed by atoms with Crippen molar-refractivity contribution in [3.63, 3.8) is 0 Å². The van der Waals surface area contributed by atoms with Crippen molar-refractivity contribution in [1.29, 1.82) is 0 Å². The van der Waals surface area contributed by atoms with Crippen molar-refractivity contribution in [2.45, 2.75) is 63.3 Å². The van der Waals surface area contributed by atoms with E-state index in [2.05, 4.69) is 4.98 Å². The number of carbonyl (C=O) groups is 2. The minimum atomic E-state index is -0.502. The summed E-state index contributed by atoms with van der Waals surface area (Å²) < 4.78 is 12.1. The summed E-state index contributed by atoms with van der Waals surface area (Å²) in [5.41, 5.74) is -0.631. The average Bonchev–Trinajstić information content (AvgIpc) is 3.38. The molecule has 2 saturated heterocycles. The van der Waals surface area contributed by atoms with E-state index in [0.717, 1.165) is 12.8 Å². The summed E-state index contributed by atoms with van der Waals surface area (Å²) in [6, 6.07) is 5.41. The number of piperidine rings is 1. The van der Waals surface area contributed by atoms with Crippen molar-refractivity contribution in [2.75, 3.05) is 26.2 Å². The molecular weight excluding hydrogens is 358 g/mol. The van der Waals surface area contributed by atoms with Gasteiger partial charge in [0.2, 0.25) is 0 Å². The number of ether oxygens (including phenoxy) is 2. The fourth-order valence-corrected chi connectivity index (χ4v) is 4.15. The van der Waals surface area contributed by atoms with Crippen LogP contribution in [0.4, 0.5) is 4.79 Å². The Kier molecular flexibility index (Phi) is 4.61. The monoisotopic (exact) mass is 387 g/mol. The first kappa shape index (κ1) is 19.2. The molecule has 4 rings (SSSR count). The molecule has 3 heterocycles. The zero-order valence-corrected chi connectivity index (χ0v) is 16.9. The van der Waals surface area contributed by atoms with Gasteiger partial charge in [0.1, 0.15) is 11.3 Å². The van der Waals surface area contributed by atoms with Crippen molar-refractivity contribution in [3.05, 3.63) is 30.1 Å². The van der Waals surface area contributed by atoms with Crippen LogP contribution in [0.3, 0.4) is 0 Å². The SMILES string of the molecule is CC(C)(C)OC(=O)N1CCC2(CC1)CN(C(=O)c1ccccn1)CC1(CC1)O2. The van der Waals surface area contributed by atoms with Gasteiger partial charge in [0, 0.05) is 19.3 Å². The molecule has 152 valence electrons. The van der Waals surface area contributed by atoms with Crippen molar-refractivity contribution >= 4 is 12.0 Å². The Morgan fingerprint density at radius 1 is 1.04 bits per heavy atom. The maximum absolute atomic E-state index is 13.0. The van der Waals surface area contributed by atoms with E-state index in [0.29, 0.717) is 44.7 Å². The van der Waals surface area contributed by atoms with Crippen LogP contribution < -0.4 is 0 Å². The smallest absolute Gasteiger partial charge is 0.410 e. The maximum atomic E-state index is 13.0. The van der Waals surface area contributed by atoms with Crippen molar-refractivity contribution < 1.29 is 19.1 Å². The molecule has 0 aromatic carbocycles. The summed E-state index contributed by atoms with van der Waals surface area (Å²) in [5.74, 6) is -0.0379. The number of rotatable bonds is 1. The molecule has 2 spiro atoms. The number of likely N-dealkylation sites (tertiary alicyclic amines) is 1. The average molecular weight is 387 g/mol. The third-order valence-corrected chi connectivity index (χ3v) is 5.70. The van der Waals surface area contributed by atoms with E-state index in [4.69, 9.17) is 9.47 Å². The van der Waals surface area contributed by atoms with Crippen molar-refractivity contribution in [1.82, 2.24) is 14.8 Å². The zero-order chi connectivity index (χ0) is 20.0. The molecule has 2 aliphatic heterocycles. The fourth-order valence-electron chi connectivity index (χ4n) is 4.15. The molecule has 1 saturated carbocycles. The lowest BCUT2D eigenvalue weighted by atomic mass is 9.88. The molecule has 1 aliphatic carbocycles. The minimum absolute atomic E-state index is 0.0379. The van der Waals surface area contributed by atoms with Gasteiger partial charge in [-0.05, 0) is 58.6 Å². The highest BCUT2D eigenvalue weighted by molar-refractivity contribution is 5.92. The van der Waals surface area contributed by atoms with E-state index in [1.807, 2.05) is 37.8 Å². The van der Waals surface area contributed by atoms with Crippen LogP contribution >= 0.6 is 0 Å². The Bertz CT molecular complexity index is 747. The highest BCUT2D eigenvalue weighted by Crippen LogP contribution is 2.49. The van der Waals surface area contributed by atoms with E-state index < -0.39 is 11.2 Å². The molecule has 0 bridgehead atoms. The largest absolute Gasteiger partial charge is 0.444 e. The Labute approximate surface area is 166 Å². The van der Waals surface area contributed by atoms with E-state index in [1.165, 1.54) is 0 Å². The Morgan fingerprint density at radius 2 is 1.68 bits per heavy atom. The van der Waals surface area contributed by atoms with Gasteiger partial charge in [-0.15, -0.1) is 0 Å². The summed E-state index contributed by atoms with van der Waals surface area (Å²) in [6.07, 6.45) is 4.75. The molecule has 7 nitrogen and oxygen atoms in total. The molecule has 0 unspecified atom stereocenters. The summed E-state index contributed by atoms with van der Waals surface area (Å²) in [6.45, 7) is 7.95. The Hall–Kier alpha value is -2.15. The molecule has 3 fully saturated rings. The van der Waals surface area contributed by atoms with Crippen molar-refractivity contribution in [2.24, 2.45) is 0 Å². The fraction of sp³-hybridized carbons (Fsp3) is 0.667. The van der Waals surface area contributed by atoms with Crippen LogP contribution in [-0.4, -0.2) is 69.8 Å². The van der Waals surface area contributed by atoms with Crippen LogP contribution in [0, 0.1) is 0 Å². The van der Waals surface area contributed by atoms with E-state index in [1.54, 1.807) is 17.2 Å². The van der Waals surface area contributed by atoms with Gasteiger partial charge in [0.15, 0.2) is 0 Å². The Morgan fingerprint density at radius 3 is 2.21 bits per heavy atom. The molecule has 1 aromatic heterocycles. The number of carbonyl (C=O) groups excluding carboxylic acids is 2. The normalized spacial score (nSPS) is 23.0. The number of amides is 2. The highest BCUT2D eigenvalue weighted by Gasteiger charge is 2.57. The molecule has 0 atom stereocenters. The standard InChI is InChI=1S/C21H29N3O4/c1-19(2,3)27-18(26)23-12-9-21(10-13-23)15-24(14-20(28-21)7-8-20)17(25)16-6-4-5-11-22-16/h4-6,11H,7-10,12-15H2,1-3H3. The van der Waals surface area contributed by atoms with Crippen LogP contribution in [0.15, 0.2) is 24.4 Å². The molecule has 0 N–H and O–H groups in total. The Balaban J connectivity index is 1.45. The van der Waals surface area contributed by atoms with Crippen LogP contribution in [0.5, 0.6) is 0 Å². The number of pyridine rings is 1. The predicted octanol–water partition coefficient (Wildman–Crippen LogP) is 2.86. The third kappa shape index (κ3) is 3.99. The molecule has 0 radical (unpaired) electrons. The van der Waals surface area contributed by atoms with Gasteiger partial charge in [0.05, 0.1) is 24.3 Å². The number of hydrogen-bond donors (Lipinski definition) is 0. The van der Waals surface area contributed by atoms with Crippen LogP contribution in [0.1, 0.15) is 56.9 Å². The second-order valence-electron chi connectivity index (χ2n) is 9.31. The maximum Gasteiger partial charge on any atom is 0.410 e.